The van der Waals surface area contributed by atoms with Crippen molar-refractivity contribution in [2.75, 3.05) is 6.61 Å². The number of nitrogens with one attached hydrogen (secondary N) is 1. The van der Waals surface area contributed by atoms with E-state index >= 15 is 0 Å². The fraction of sp³-hybridized carbons (Fsp3) is 0.500. The Hall–Kier alpha value is -2.37. The van der Waals surface area contributed by atoms with Crippen LogP contribution in [0.3, 0.4) is 0 Å². The molecule has 3 atom stereocenters. The molecule has 0 aromatic carbocycles. The summed E-state index contributed by atoms with van der Waals surface area (Å²) in [5.74, 6) is -0.702. The Kier molecular flexibility index (Phi) is 3.16. The van der Waals surface area contributed by atoms with Gasteiger partial charge in [0.05, 0.1) is 12.7 Å². The molecule has 11 nitrogen and oxygen atoms in total. The summed E-state index contributed by atoms with van der Waals surface area (Å²) in [6, 6.07) is 0. The summed E-state index contributed by atoms with van der Waals surface area (Å²) < 4.78 is 6.75. The smallest absolute Gasteiger partial charge is 0.394 e. The average Bonchev–Trinajstić information content (AvgIpc) is 3.01. The van der Waals surface area contributed by atoms with Gasteiger partial charge in [-0.2, -0.15) is 0 Å². The van der Waals surface area contributed by atoms with E-state index < -0.39 is 34.9 Å². The molecule has 21 heavy (non-hydrogen) atoms. The number of aliphatic hydroxyl groups excluding tert-OH is 2. The van der Waals surface area contributed by atoms with Crippen molar-refractivity contribution in [1.29, 1.82) is 0 Å². The molecule has 2 aromatic rings. The van der Waals surface area contributed by atoms with Crippen molar-refractivity contribution in [2.45, 2.75) is 24.9 Å². The van der Waals surface area contributed by atoms with Gasteiger partial charge in [0.25, 0.3) is 0 Å². The first-order valence-electron chi connectivity index (χ1n) is 6.07. The molecule has 0 unspecified atom stereocenters. The number of aromatic nitrogens is 4. The first-order valence-corrected chi connectivity index (χ1v) is 6.07. The molecule has 11 heteroatoms. The topological polar surface area (TPSA) is 156 Å². The number of hydrogen-bond donors (Lipinski definition) is 3. The lowest BCUT2D eigenvalue weighted by Gasteiger charge is -2.12. The van der Waals surface area contributed by atoms with Crippen LogP contribution >= 0.6 is 0 Å². The number of nitrogens with zero attached hydrogens (tertiary/aromatic N) is 4. The van der Waals surface area contributed by atoms with Crippen LogP contribution in [0.15, 0.2) is 11.1 Å². The molecule has 0 amide bonds. The molecule has 1 fully saturated rings. The molecule has 3 N–H and O–H groups in total. The quantitative estimate of drug-likeness (QED) is 0.464. The van der Waals surface area contributed by atoms with E-state index in [9.17, 15) is 20.0 Å². The van der Waals surface area contributed by atoms with Crippen LogP contribution in [0, 0.1) is 10.1 Å². The van der Waals surface area contributed by atoms with Gasteiger partial charge in [-0.1, -0.05) is 0 Å². The Bertz CT molecular complexity index is 754. The van der Waals surface area contributed by atoms with Crippen molar-refractivity contribution in [3.63, 3.8) is 0 Å². The zero-order chi connectivity index (χ0) is 15.1. The molecule has 112 valence electrons. The zero-order valence-electron chi connectivity index (χ0n) is 10.5. The number of H-pyrrole nitrogens is 1. The van der Waals surface area contributed by atoms with Crippen LogP contribution in [0.1, 0.15) is 12.6 Å². The second kappa shape index (κ2) is 4.87. The van der Waals surface area contributed by atoms with Crippen molar-refractivity contribution in [1.82, 2.24) is 19.5 Å². The third-order valence-electron chi connectivity index (χ3n) is 3.29. The average molecular weight is 297 g/mol. The van der Waals surface area contributed by atoms with Crippen LogP contribution in [-0.2, 0) is 4.74 Å². The van der Waals surface area contributed by atoms with Crippen molar-refractivity contribution in [3.8, 4) is 0 Å². The summed E-state index contributed by atoms with van der Waals surface area (Å²) in [6.45, 7) is -0.363. The van der Waals surface area contributed by atoms with Gasteiger partial charge in [-0.25, -0.2) is 14.8 Å². The van der Waals surface area contributed by atoms with Gasteiger partial charge in [0.15, 0.2) is 0 Å². The number of imidazole rings is 1. The number of hydrogen-bond acceptors (Lipinski definition) is 8. The van der Waals surface area contributed by atoms with E-state index in [0.717, 1.165) is 0 Å². The van der Waals surface area contributed by atoms with E-state index in [-0.39, 0.29) is 24.2 Å². The summed E-state index contributed by atoms with van der Waals surface area (Å²) in [6.07, 6.45) is -0.942. The predicted molar refractivity (Wildman–Crippen MR) is 66.4 cm³/mol. The maximum Gasteiger partial charge on any atom is 0.437 e. The molecule has 1 aliphatic heterocycles. The van der Waals surface area contributed by atoms with E-state index in [0.29, 0.717) is 0 Å². The summed E-state index contributed by atoms with van der Waals surface area (Å²) in [5, 5.41) is 29.5. The highest BCUT2D eigenvalue weighted by molar-refractivity contribution is 5.70. The fourth-order valence-corrected chi connectivity index (χ4v) is 2.26. The molecule has 0 radical (unpaired) electrons. The van der Waals surface area contributed by atoms with E-state index in [1.165, 1.54) is 10.9 Å². The molecule has 0 aliphatic carbocycles. The molecule has 0 bridgehead atoms. The molecule has 2 aromatic heterocycles. The minimum absolute atomic E-state index is 0.0127. The highest BCUT2D eigenvalue weighted by Gasteiger charge is 2.36. The first kappa shape index (κ1) is 13.6. The summed E-state index contributed by atoms with van der Waals surface area (Å²) in [4.78, 5) is 31.2. The van der Waals surface area contributed by atoms with E-state index in [1.807, 2.05) is 4.98 Å². The highest BCUT2D eigenvalue weighted by Crippen LogP contribution is 2.30. The third kappa shape index (κ3) is 2.16. The lowest BCUT2D eigenvalue weighted by atomic mass is 10.2. The number of rotatable bonds is 3. The maximum absolute atomic E-state index is 11.7. The van der Waals surface area contributed by atoms with Crippen molar-refractivity contribution < 1.29 is 19.9 Å². The number of ether oxygens (including phenoxy) is 1. The van der Waals surface area contributed by atoms with Crippen molar-refractivity contribution >= 4 is 17.1 Å². The minimum atomic E-state index is -0.880. The van der Waals surface area contributed by atoms with Gasteiger partial charge >= 0.3 is 11.5 Å². The Balaban J connectivity index is 2.08. The Morgan fingerprint density at radius 3 is 3.00 bits per heavy atom. The molecule has 3 rings (SSSR count). The van der Waals surface area contributed by atoms with Gasteiger partial charge in [0.2, 0.25) is 11.2 Å². The second-order valence-corrected chi connectivity index (χ2v) is 4.59. The van der Waals surface area contributed by atoms with E-state index in [4.69, 9.17) is 9.84 Å². The number of nitro groups is 1. The maximum atomic E-state index is 11.7. The second-order valence-electron chi connectivity index (χ2n) is 4.59. The van der Waals surface area contributed by atoms with E-state index in [2.05, 4.69) is 9.97 Å². The summed E-state index contributed by atoms with van der Waals surface area (Å²) in [5.41, 5.74) is -0.810. The van der Waals surface area contributed by atoms with Gasteiger partial charge in [0, 0.05) is 6.42 Å². The highest BCUT2D eigenvalue weighted by atomic mass is 16.6. The lowest BCUT2D eigenvalue weighted by Crippen LogP contribution is -2.24. The van der Waals surface area contributed by atoms with Crippen molar-refractivity contribution in [2.24, 2.45) is 0 Å². The number of aliphatic hydroxyl groups is 2. The van der Waals surface area contributed by atoms with Crippen LogP contribution in [0.2, 0.25) is 0 Å². The van der Waals surface area contributed by atoms with Gasteiger partial charge in [-0.15, -0.1) is 0 Å². The van der Waals surface area contributed by atoms with Crippen LogP contribution < -0.4 is 5.56 Å². The number of aromatic amines is 1. The molecule has 1 aliphatic rings. The normalized spacial score (nSPS) is 25.5. The van der Waals surface area contributed by atoms with Gasteiger partial charge in [-0.05, 0) is 9.91 Å². The fourth-order valence-electron chi connectivity index (χ4n) is 2.26. The molecule has 1 saturated heterocycles. The number of fused-ring (bicyclic) bond motifs is 1. The zero-order valence-corrected chi connectivity index (χ0v) is 10.5. The van der Waals surface area contributed by atoms with Gasteiger partial charge in [0.1, 0.15) is 18.7 Å². The van der Waals surface area contributed by atoms with Gasteiger partial charge < -0.3 is 25.1 Å². The first-order chi connectivity index (χ1) is 10.0. The minimum Gasteiger partial charge on any atom is -0.394 e. The molecular formula is C10H11N5O6. The van der Waals surface area contributed by atoms with Crippen LogP contribution in [0.25, 0.3) is 11.2 Å². The lowest BCUT2D eigenvalue weighted by molar-refractivity contribution is -0.394. The van der Waals surface area contributed by atoms with Crippen LogP contribution in [0.4, 0.5) is 5.95 Å². The standard InChI is InChI=1S/C10H11N5O6/c16-2-5-4(17)1-6(21-5)14-3-11-7-8(14)12-10(15(19)20)13-9(7)18/h3-6,16-17H,1-2H2,(H,12,13,18)/t4-,5+,6+/m0/s1. The van der Waals surface area contributed by atoms with Crippen molar-refractivity contribution in [3.05, 3.63) is 26.8 Å². The largest absolute Gasteiger partial charge is 0.437 e. The van der Waals surface area contributed by atoms with Crippen LogP contribution in [0.5, 0.6) is 0 Å². The summed E-state index contributed by atoms with van der Waals surface area (Å²) in [7, 11) is 0. The molecule has 0 saturated carbocycles. The Morgan fingerprint density at radius 1 is 1.62 bits per heavy atom. The van der Waals surface area contributed by atoms with E-state index in [1.54, 1.807) is 0 Å². The molecular weight excluding hydrogens is 286 g/mol. The Labute approximate surface area is 116 Å². The van der Waals surface area contributed by atoms with Crippen LogP contribution in [-0.4, -0.2) is 53.5 Å². The SMILES string of the molecule is O=c1[nH]c([N+](=O)[O-])nc2c1ncn2[C@H]1C[C@H](O)[C@@H](CO)O1. The Morgan fingerprint density at radius 2 is 2.38 bits per heavy atom. The van der Waals surface area contributed by atoms with Gasteiger partial charge in [-0.3, -0.25) is 4.57 Å². The molecule has 0 spiro atoms. The molecule has 3 heterocycles. The third-order valence-corrected chi connectivity index (χ3v) is 3.29. The predicted octanol–water partition coefficient (Wildman–Crippen LogP) is -1.33. The monoisotopic (exact) mass is 297 g/mol. The summed E-state index contributed by atoms with van der Waals surface area (Å²) >= 11 is 0.